The molecule has 0 rings (SSSR count). The summed E-state index contributed by atoms with van der Waals surface area (Å²) in [7, 11) is 5.99. The van der Waals surface area contributed by atoms with Gasteiger partial charge < -0.3 is 28.5 Å². The highest BCUT2D eigenvalue weighted by molar-refractivity contribution is 5.71. The van der Waals surface area contributed by atoms with Crippen molar-refractivity contribution in [3.8, 4) is 0 Å². The summed E-state index contributed by atoms with van der Waals surface area (Å²) >= 11 is 0. The molecule has 9 heteroatoms. The lowest BCUT2D eigenvalue weighted by atomic mass is 10.0. The number of unbranched alkanes of at least 4 members (excludes halogenated alkanes) is 51. The fourth-order valence-corrected chi connectivity index (χ4v) is 11.5. The Labute approximate surface area is 540 Å². The second-order valence-electron chi connectivity index (χ2n) is 27.3. The summed E-state index contributed by atoms with van der Waals surface area (Å²) < 4.78 is 23.0. The molecule has 0 aromatic carbocycles. The molecule has 0 aliphatic carbocycles. The molecule has 0 bridgehead atoms. The lowest BCUT2D eigenvalue weighted by Crippen LogP contribution is -2.40. The molecule has 87 heavy (non-hydrogen) atoms. The molecule has 512 valence electrons. The van der Waals surface area contributed by atoms with E-state index >= 15 is 0 Å². The van der Waals surface area contributed by atoms with Crippen LogP contribution >= 0.6 is 0 Å². The van der Waals surface area contributed by atoms with Crippen LogP contribution in [0, 0.1) is 0 Å². The Hall–Kier alpha value is -2.49. The van der Waals surface area contributed by atoms with E-state index in [0.717, 1.165) is 44.9 Å². The molecule has 0 fully saturated rings. The van der Waals surface area contributed by atoms with Gasteiger partial charge in [-0.05, 0) is 70.6 Å². The first-order valence-electron chi connectivity index (χ1n) is 38.2. The van der Waals surface area contributed by atoms with E-state index in [-0.39, 0.29) is 38.2 Å². The number of likely N-dealkylation sites (N-methyl/N-ethyl adjacent to an activating group) is 1. The van der Waals surface area contributed by atoms with Gasteiger partial charge >= 0.3 is 17.9 Å². The molecule has 0 saturated heterocycles. The van der Waals surface area contributed by atoms with E-state index in [0.29, 0.717) is 17.4 Å². The zero-order valence-corrected chi connectivity index (χ0v) is 58.7. The van der Waals surface area contributed by atoms with E-state index in [2.05, 4.69) is 50.3 Å². The summed E-state index contributed by atoms with van der Waals surface area (Å²) in [6.45, 7) is 4.94. The predicted octanol–water partition coefficient (Wildman–Crippen LogP) is 23.9. The molecular formula is C78H148NO8+. The molecule has 0 heterocycles. The van der Waals surface area contributed by atoms with Crippen LogP contribution in [0.25, 0.3) is 0 Å². The molecular weight excluding hydrogens is 1080 g/mol. The zero-order chi connectivity index (χ0) is 63.3. The van der Waals surface area contributed by atoms with Crippen LogP contribution in [0.1, 0.15) is 386 Å². The van der Waals surface area contributed by atoms with E-state index < -0.39 is 18.4 Å². The van der Waals surface area contributed by atoms with Crippen LogP contribution in [0.5, 0.6) is 0 Å². The van der Waals surface area contributed by atoms with Gasteiger partial charge in [0.25, 0.3) is 6.29 Å². The number of rotatable bonds is 72. The van der Waals surface area contributed by atoms with Gasteiger partial charge in [0.1, 0.15) is 13.2 Å². The van der Waals surface area contributed by atoms with Gasteiger partial charge in [0, 0.05) is 12.8 Å². The molecule has 0 radical (unpaired) electrons. The van der Waals surface area contributed by atoms with Crippen molar-refractivity contribution < 1.29 is 42.9 Å². The number of ether oxygens (including phenoxy) is 4. The van der Waals surface area contributed by atoms with Gasteiger partial charge in [-0.1, -0.05) is 339 Å². The fourth-order valence-electron chi connectivity index (χ4n) is 11.5. The van der Waals surface area contributed by atoms with Crippen LogP contribution < -0.4 is 0 Å². The second kappa shape index (κ2) is 69.4. The van der Waals surface area contributed by atoms with Crippen LogP contribution in [-0.2, 0) is 33.3 Å². The molecule has 2 atom stereocenters. The number of carboxylic acid groups (broad SMARTS) is 1. The topological polar surface area (TPSA) is 108 Å². The first-order chi connectivity index (χ1) is 42.6. The number of hydrogen-bond donors (Lipinski definition) is 1. The van der Waals surface area contributed by atoms with E-state index in [1.54, 1.807) is 0 Å². The maximum atomic E-state index is 13.0. The molecule has 0 aromatic heterocycles. The molecule has 0 saturated carbocycles. The average molecular weight is 1230 g/mol. The standard InChI is InChI=1S/C78H147NO8/c1-6-8-10-12-14-16-18-20-22-24-26-28-30-32-34-35-36-37-38-39-40-41-43-44-46-48-50-52-54-56-58-60-62-64-66-68-75(80)85-72-74(73-86-78(77(82)83)84-71-70-79(3,4)5)87-76(81)69-67-65-63-61-59-57-55-53-51-49-47-45-42-33-31-29-27-25-23-21-19-17-15-13-11-9-7-2/h19,21,24-27,74,78H,6-18,20,22-23,28-73H2,1-5H3/p+1/b21-19-,26-24-,27-25-. The van der Waals surface area contributed by atoms with E-state index in [4.69, 9.17) is 18.9 Å². The van der Waals surface area contributed by atoms with Crippen molar-refractivity contribution in [3.05, 3.63) is 36.5 Å². The number of quaternary nitrogens is 1. The first kappa shape index (κ1) is 84.5. The van der Waals surface area contributed by atoms with Gasteiger partial charge in [0.15, 0.2) is 6.10 Å². The third-order valence-corrected chi connectivity index (χ3v) is 17.4. The Kier molecular flexibility index (Phi) is 67.4. The molecule has 0 amide bonds. The van der Waals surface area contributed by atoms with Crippen LogP contribution in [-0.4, -0.2) is 87.4 Å². The third-order valence-electron chi connectivity index (χ3n) is 17.4. The van der Waals surface area contributed by atoms with Crippen LogP contribution in [0.15, 0.2) is 36.5 Å². The van der Waals surface area contributed by atoms with Gasteiger partial charge in [-0.3, -0.25) is 9.59 Å². The number of carbonyl (C=O) groups is 3. The second-order valence-corrected chi connectivity index (χ2v) is 27.3. The maximum absolute atomic E-state index is 13.0. The van der Waals surface area contributed by atoms with Crippen LogP contribution in [0.4, 0.5) is 0 Å². The normalized spacial score (nSPS) is 12.8. The fraction of sp³-hybridized carbons (Fsp3) is 0.885. The number of nitrogens with zero attached hydrogens (tertiary/aromatic N) is 1. The van der Waals surface area contributed by atoms with Gasteiger partial charge in [-0.15, -0.1) is 0 Å². The van der Waals surface area contributed by atoms with Crippen molar-refractivity contribution >= 4 is 17.9 Å². The SMILES string of the molecule is CCCCCCC/C=C\C/C=C\CCCCCCCCCCCCCCCCCC(=O)OC(COC(=O)CCCCCCCCCCCCCCCCCCCCCCCCC/C=C\CCCCCCCCCC)COC(OCC[N+](C)(C)C)C(=O)O. The van der Waals surface area contributed by atoms with Gasteiger partial charge in [-0.2, -0.15) is 0 Å². The number of carboxylic acids is 1. The Morgan fingerprint density at radius 3 is 0.920 bits per heavy atom. The molecule has 0 aromatic rings. The van der Waals surface area contributed by atoms with Gasteiger partial charge in [0.05, 0.1) is 34.4 Å². The van der Waals surface area contributed by atoms with Gasteiger partial charge in [-0.25, -0.2) is 4.79 Å². The summed E-state index contributed by atoms with van der Waals surface area (Å²) in [5.41, 5.74) is 0. The number of carbonyl (C=O) groups excluding carboxylic acids is 2. The Morgan fingerprint density at radius 1 is 0.345 bits per heavy atom. The summed E-state index contributed by atoms with van der Waals surface area (Å²) in [6, 6.07) is 0. The third kappa shape index (κ3) is 70.8. The number of esters is 2. The Morgan fingerprint density at radius 2 is 0.621 bits per heavy atom. The lowest BCUT2D eigenvalue weighted by molar-refractivity contribution is -0.870. The minimum atomic E-state index is -1.51. The minimum Gasteiger partial charge on any atom is -0.477 e. The Bertz CT molecular complexity index is 1520. The largest absolute Gasteiger partial charge is 0.477 e. The number of aliphatic carboxylic acids is 1. The number of allylic oxidation sites excluding steroid dienone is 6. The lowest BCUT2D eigenvalue weighted by Gasteiger charge is -2.25. The summed E-state index contributed by atoms with van der Waals surface area (Å²) in [6.07, 6.45) is 85.7. The van der Waals surface area contributed by atoms with Crippen molar-refractivity contribution in [3.63, 3.8) is 0 Å². The van der Waals surface area contributed by atoms with Crippen molar-refractivity contribution in [1.29, 1.82) is 0 Å². The van der Waals surface area contributed by atoms with Crippen molar-refractivity contribution in [1.82, 2.24) is 0 Å². The highest BCUT2D eigenvalue weighted by Crippen LogP contribution is 2.19. The van der Waals surface area contributed by atoms with Crippen molar-refractivity contribution in [2.75, 3.05) is 47.5 Å². The van der Waals surface area contributed by atoms with E-state index in [9.17, 15) is 19.5 Å². The highest BCUT2D eigenvalue weighted by atomic mass is 16.7. The summed E-state index contributed by atoms with van der Waals surface area (Å²) in [5.74, 6) is -1.98. The van der Waals surface area contributed by atoms with Crippen LogP contribution in [0.2, 0.25) is 0 Å². The van der Waals surface area contributed by atoms with Crippen molar-refractivity contribution in [2.45, 2.75) is 399 Å². The molecule has 9 nitrogen and oxygen atoms in total. The number of hydrogen-bond acceptors (Lipinski definition) is 7. The van der Waals surface area contributed by atoms with Crippen molar-refractivity contribution in [2.24, 2.45) is 0 Å². The van der Waals surface area contributed by atoms with E-state index in [1.807, 2.05) is 21.1 Å². The monoisotopic (exact) mass is 1230 g/mol. The first-order valence-corrected chi connectivity index (χ1v) is 38.2. The smallest absolute Gasteiger partial charge is 0.361 e. The molecule has 0 aliphatic heterocycles. The molecule has 0 spiro atoms. The highest BCUT2D eigenvalue weighted by Gasteiger charge is 2.25. The summed E-state index contributed by atoms with van der Waals surface area (Å²) in [4.78, 5) is 37.7. The predicted molar refractivity (Wildman–Crippen MR) is 374 cm³/mol. The zero-order valence-electron chi connectivity index (χ0n) is 58.7. The molecule has 0 aliphatic rings. The van der Waals surface area contributed by atoms with Crippen LogP contribution in [0.3, 0.4) is 0 Å². The maximum Gasteiger partial charge on any atom is 0.361 e. The quantitative estimate of drug-likeness (QED) is 0.0211. The molecule has 1 N–H and O–H groups in total. The summed E-state index contributed by atoms with van der Waals surface area (Å²) in [5, 5.41) is 9.76. The average Bonchev–Trinajstić information content (AvgIpc) is 3.56. The van der Waals surface area contributed by atoms with E-state index in [1.165, 1.54) is 315 Å². The minimum absolute atomic E-state index is 0.176. The Balaban J connectivity index is 3.99. The van der Waals surface area contributed by atoms with Gasteiger partial charge in [0.2, 0.25) is 0 Å². The molecule has 2 unspecified atom stereocenters.